The van der Waals surface area contributed by atoms with Gasteiger partial charge in [-0.3, -0.25) is 4.79 Å². The van der Waals surface area contributed by atoms with Gasteiger partial charge in [0.25, 0.3) is 0 Å². The van der Waals surface area contributed by atoms with Gasteiger partial charge in [0.15, 0.2) is 0 Å². The van der Waals surface area contributed by atoms with Crippen molar-refractivity contribution in [1.82, 2.24) is 5.32 Å². The van der Waals surface area contributed by atoms with Crippen molar-refractivity contribution in [2.75, 3.05) is 0 Å². The molecule has 0 spiro atoms. The van der Waals surface area contributed by atoms with Gasteiger partial charge in [0.2, 0.25) is 6.41 Å². The Balaban J connectivity index is 3.40. The highest BCUT2D eigenvalue weighted by atomic mass is 16.1. The summed E-state index contributed by atoms with van der Waals surface area (Å²) in [4.78, 5) is 9.67. The lowest BCUT2D eigenvalue weighted by Crippen LogP contribution is -1.99. The first-order valence-corrected chi connectivity index (χ1v) is 2.66. The highest BCUT2D eigenvalue weighted by Crippen LogP contribution is 1.93. The van der Waals surface area contributed by atoms with Crippen molar-refractivity contribution in [3.63, 3.8) is 0 Å². The van der Waals surface area contributed by atoms with Crippen LogP contribution in [0.25, 0.3) is 0 Å². The van der Waals surface area contributed by atoms with E-state index in [0.717, 1.165) is 6.42 Å². The zero-order valence-corrected chi connectivity index (χ0v) is 5.27. The largest absolute Gasteiger partial charge is 0.335 e. The quantitative estimate of drug-likeness (QED) is 0.544. The second-order valence-corrected chi connectivity index (χ2v) is 1.63. The molecule has 2 nitrogen and oxygen atoms in total. The predicted octanol–water partition coefficient (Wildman–Crippen LogP) is 1.05. The summed E-state index contributed by atoms with van der Waals surface area (Å²) in [5.41, 5.74) is 1.18. The summed E-state index contributed by atoms with van der Waals surface area (Å²) in [6.07, 6.45) is 3.35. The lowest BCUT2D eigenvalue weighted by Gasteiger charge is -1.90. The first kappa shape index (κ1) is 7.21. The van der Waals surface area contributed by atoms with E-state index in [1.807, 2.05) is 13.8 Å². The normalized spacial score (nSPS) is 11.0. The molecule has 0 unspecified atom stereocenters. The molecule has 46 valence electrons. The Morgan fingerprint density at radius 1 is 1.75 bits per heavy atom. The van der Waals surface area contributed by atoms with E-state index in [9.17, 15) is 4.79 Å². The summed E-state index contributed by atoms with van der Waals surface area (Å²) in [7, 11) is 0. The lowest BCUT2D eigenvalue weighted by atomic mass is 10.3. The van der Waals surface area contributed by atoms with E-state index >= 15 is 0 Å². The first-order chi connectivity index (χ1) is 3.81. The predicted molar refractivity (Wildman–Crippen MR) is 33.2 cm³/mol. The van der Waals surface area contributed by atoms with Gasteiger partial charge in [-0.05, 0) is 13.3 Å². The topological polar surface area (TPSA) is 29.1 Å². The van der Waals surface area contributed by atoms with E-state index in [1.54, 1.807) is 6.20 Å². The molecule has 0 saturated carbocycles. The van der Waals surface area contributed by atoms with Crippen LogP contribution in [0.5, 0.6) is 0 Å². The average Bonchev–Trinajstić information content (AvgIpc) is 1.83. The fourth-order valence-corrected chi connectivity index (χ4v) is 0.278. The number of nitrogens with one attached hydrogen (secondary N) is 1. The molecule has 0 aromatic rings. The van der Waals surface area contributed by atoms with Crippen LogP contribution in [0.15, 0.2) is 11.8 Å². The van der Waals surface area contributed by atoms with Crippen LogP contribution in [-0.4, -0.2) is 6.41 Å². The summed E-state index contributed by atoms with van der Waals surface area (Å²) < 4.78 is 0. The number of hydrogen-bond donors (Lipinski definition) is 1. The van der Waals surface area contributed by atoms with Crippen LogP contribution >= 0.6 is 0 Å². The highest BCUT2D eigenvalue weighted by Gasteiger charge is 1.78. The maximum Gasteiger partial charge on any atom is 0.211 e. The Kier molecular flexibility index (Phi) is 3.94. The fraction of sp³-hybridized carbons (Fsp3) is 0.500. The SMILES string of the molecule is CC/C(C)=C\NC=O. The molecule has 8 heavy (non-hydrogen) atoms. The molecule has 0 saturated heterocycles. The van der Waals surface area contributed by atoms with Gasteiger partial charge in [-0.15, -0.1) is 0 Å². The van der Waals surface area contributed by atoms with Crippen molar-refractivity contribution in [2.45, 2.75) is 20.3 Å². The molecule has 0 aliphatic heterocycles. The smallest absolute Gasteiger partial charge is 0.211 e. The maximum absolute atomic E-state index is 9.67. The Labute approximate surface area is 49.6 Å². The number of rotatable bonds is 3. The van der Waals surface area contributed by atoms with E-state index in [-0.39, 0.29) is 0 Å². The molecule has 0 aliphatic carbocycles. The maximum atomic E-state index is 9.67. The van der Waals surface area contributed by atoms with Gasteiger partial charge in [0, 0.05) is 6.20 Å². The lowest BCUT2D eigenvalue weighted by molar-refractivity contribution is -0.108. The molecule has 0 aromatic carbocycles. The van der Waals surface area contributed by atoms with Crippen molar-refractivity contribution in [3.8, 4) is 0 Å². The Bertz CT molecular complexity index is 96.7. The van der Waals surface area contributed by atoms with Crippen molar-refractivity contribution in [1.29, 1.82) is 0 Å². The van der Waals surface area contributed by atoms with Gasteiger partial charge in [-0.25, -0.2) is 0 Å². The van der Waals surface area contributed by atoms with E-state index < -0.39 is 0 Å². The molecular formula is C6H11NO. The molecule has 0 rings (SSSR count). The highest BCUT2D eigenvalue weighted by molar-refractivity contribution is 5.48. The number of amides is 1. The van der Waals surface area contributed by atoms with Gasteiger partial charge >= 0.3 is 0 Å². The van der Waals surface area contributed by atoms with Gasteiger partial charge in [-0.1, -0.05) is 12.5 Å². The zero-order chi connectivity index (χ0) is 6.41. The van der Waals surface area contributed by atoms with Gasteiger partial charge in [-0.2, -0.15) is 0 Å². The third-order valence-electron chi connectivity index (χ3n) is 0.955. The van der Waals surface area contributed by atoms with Crippen molar-refractivity contribution in [2.24, 2.45) is 0 Å². The summed E-state index contributed by atoms with van der Waals surface area (Å²) in [6, 6.07) is 0. The molecule has 0 aliphatic rings. The van der Waals surface area contributed by atoms with Crippen LogP contribution in [-0.2, 0) is 4.79 Å². The van der Waals surface area contributed by atoms with E-state index in [0.29, 0.717) is 6.41 Å². The van der Waals surface area contributed by atoms with Gasteiger partial charge in [0.05, 0.1) is 0 Å². The second kappa shape index (κ2) is 4.37. The number of allylic oxidation sites excluding steroid dienone is 1. The first-order valence-electron chi connectivity index (χ1n) is 2.66. The third kappa shape index (κ3) is 3.40. The van der Waals surface area contributed by atoms with E-state index in [1.165, 1.54) is 5.57 Å². The zero-order valence-electron chi connectivity index (χ0n) is 5.27. The van der Waals surface area contributed by atoms with Crippen LogP contribution in [0, 0.1) is 0 Å². The van der Waals surface area contributed by atoms with Gasteiger partial charge < -0.3 is 5.32 Å². The molecule has 0 aromatic heterocycles. The second-order valence-electron chi connectivity index (χ2n) is 1.63. The van der Waals surface area contributed by atoms with Crippen LogP contribution in [0.1, 0.15) is 20.3 Å². The molecule has 1 N–H and O–H groups in total. The van der Waals surface area contributed by atoms with E-state index in [4.69, 9.17) is 0 Å². The fourth-order valence-electron chi connectivity index (χ4n) is 0.278. The molecule has 0 bridgehead atoms. The van der Waals surface area contributed by atoms with Crippen molar-refractivity contribution < 1.29 is 4.79 Å². The van der Waals surface area contributed by atoms with Crippen molar-refractivity contribution >= 4 is 6.41 Å². The standard InChI is InChI=1S/C6H11NO/c1-3-6(2)4-7-5-8/h4-5H,3H2,1-2H3,(H,7,8)/b6-4-. The van der Waals surface area contributed by atoms with Crippen LogP contribution in [0.3, 0.4) is 0 Å². The van der Waals surface area contributed by atoms with Crippen molar-refractivity contribution in [3.05, 3.63) is 11.8 Å². The minimum absolute atomic E-state index is 0.666. The van der Waals surface area contributed by atoms with Crippen LogP contribution in [0.4, 0.5) is 0 Å². The monoisotopic (exact) mass is 113 g/mol. The Morgan fingerprint density at radius 3 is 2.75 bits per heavy atom. The average molecular weight is 113 g/mol. The van der Waals surface area contributed by atoms with Crippen LogP contribution in [0.2, 0.25) is 0 Å². The minimum atomic E-state index is 0.666. The number of carbonyl (C=O) groups excluding carboxylic acids is 1. The summed E-state index contributed by atoms with van der Waals surface area (Å²) >= 11 is 0. The van der Waals surface area contributed by atoms with Crippen LogP contribution < -0.4 is 5.32 Å². The Morgan fingerprint density at radius 2 is 2.38 bits per heavy atom. The molecule has 2 heteroatoms. The van der Waals surface area contributed by atoms with E-state index in [2.05, 4.69) is 5.32 Å². The Hall–Kier alpha value is -0.790. The number of carbonyl (C=O) groups is 1. The van der Waals surface area contributed by atoms with Gasteiger partial charge in [0.1, 0.15) is 0 Å². The summed E-state index contributed by atoms with van der Waals surface area (Å²) in [5.74, 6) is 0. The summed E-state index contributed by atoms with van der Waals surface area (Å²) in [5, 5.41) is 2.46. The molecule has 1 amide bonds. The third-order valence-corrected chi connectivity index (χ3v) is 0.955. The molecular weight excluding hydrogens is 102 g/mol. The molecule has 0 atom stereocenters. The number of hydrogen-bond acceptors (Lipinski definition) is 1. The minimum Gasteiger partial charge on any atom is -0.335 e. The molecule has 0 heterocycles. The molecule has 0 radical (unpaired) electrons. The molecule has 0 fully saturated rings. The summed E-state index contributed by atoms with van der Waals surface area (Å²) in [6.45, 7) is 4.01.